The Morgan fingerprint density at radius 2 is 2.00 bits per heavy atom. The first-order valence-corrected chi connectivity index (χ1v) is 9.20. The molecule has 0 bridgehead atoms. The van der Waals surface area contributed by atoms with Gasteiger partial charge < -0.3 is 20.1 Å². The summed E-state index contributed by atoms with van der Waals surface area (Å²) >= 11 is 0. The van der Waals surface area contributed by atoms with E-state index in [2.05, 4.69) is 42.9 Å². The molecule has 1 aliphatic heterocycles. The lowest BCUT2D eigenvalue weighted by Crippen LogP contribution is -2.72. The Bertz CT molecular complexity index is 685. The Kier molecular flexibility index (Phi) is 6.30. The van der Waals surface area contributed by atoms with Gasteiger partial charge >= 0.3 is 0 Å². The monoisotopic (exact) mass is 378 g/mol. The molecule has 1 heterocycles. The van der Waals surface area contributed by atoms with Crippen LogP contribution in [-0.4, -0.2) is 58.8 Å². The van der Waals surface area contributed by atoms with Gasteiger partial charge in [0, 0.05) is 36.2 Å². The number of aliphatic hydroxyl groups excluding tert-OH is 1. The molecule has 0 amide bonds. The van der Waals surface area contributed by atoms with Crippen LogP contribution in [0.4, 0.5) is 5.69 Å². The van der Waals surface area contributed by atoms with Crippen molar-refractivity contribution in [3.63, 3.8) is 0 Å². The van der Waals surface area contributed by atoms with E-state index in [-0.39, 0.29) is 29.8 Å². The third-order valence-corrected chi connectivity index (χ3v) is 5.42. The SMILES string of the molecule is CCNC(=NCC(O)COc1ccc([N+](=O)[O-])cc1)N1CC(C)(C)C1(C)C. The van der Waals surface area contributed by atoms with Crippen LogP contribution in [0.5, 0.6) is 5.75 Å². The summed E-state index contributed by atoms with van der Waals surface area (Å²) < 4.78 is 5.49. The number of nitro benzene ring substituents is 1. The molecule has 0 saturated carbocycles. The molecule has 2 N–H and O–H groups in total. The number of guanidine groups is 1. The summed E-state index contributed by atoms with van der Waals surface area (Å²) in [5.74, 6) is 1.26. The smallest absolute Gasteiger partial charge is 0.269 e. The Morgan fingerprint density at radius 1 is 1.37 bits per heavy atom. The maximum Gasteiger partial charge on any atom is 0.269 e. The van der Waals surface area contributed by atoms with Gasteiger partial charge in [-0.05, 0) is 32.9 Å². The van der Waals surface area contributed by atoms with Crippen LogP contribution in [0.2, 0.25) is 0 Å². The topological polar surface area (TPSA) is 100 Å². The minimum absolute atomic E-state index is 0.00265. The fourth-order valence-electron chi connectivity index (χ4n) is 2.90. The van der Waals surface area contributed by atoms with Crippen molar-refractivity contribution in [2.45, 2.75) is 46.3 Å². The number of nitrogens with zero attached hydrogens (tertiary/aromatic N) is 3. The molecule has 1 atom stereocenters. The second-order valence-corrected chi connectivity index (χ2v) is 7.94. The van der Waals surface area contributed by atoms with E-state index in [0.29, 0.717) is 5.75 Å². The number of hydrogen-bond acceptors (Lipinski definition) is 5. The molecule has 2 rings (SSSR count). The third-order valence-electron chi connectivity index (χ3n) is 5.42. The average Bonchev–Trinajstić information content (AvgIpc) is 2.62. The molecule has 0 spiro atoms. The van der Waals surface area contributed by atoms with E-state index in [9.17, 15) is 15.2 Å². The first kappa shape index (κ1) is 21.0. The van der Waals surface area contributed by atoms with E-state index in [1.54, 1.807) is 0 Å². The molecule has 1 aliphatic rings. The van der Waals surface area contributed by atoms with E-state index in [4.69, 9.17) is 4.74 Å². The van der Waals surface area contributed by atoms with Crippen LogP contribution in [0.25, 0.3) is 0 Å². The fourth-order valence-corrected chi connectivity index (χ4v) is 2.90. The zero-order valence-electron chi connectivity index (χ0n) is 16.7. The Hall–Kier alpha value is -2.35. The van der Waals surface area contributed by atoms with Crippen LogP contribution in [-0.2, 0) is 0 Å². The Morgan fingerprint density at radius 3 is 2.48 bits per heavy atom. The largest absolute Gasteiger partial charge is 0.491 e. The van der Waals surface area contributed by atoms with Gasteiger partial charge in [-0.2, -0.15) is 0 Å². The predicted molar refractivity (Wildman–Crippen MR) is 105 cm³/mol. The van der Waals surface area contributed by atoms with Crippen molar-refractivity contribution < 1.29 is 14.8 Å². The summed E-state index contributed by atoms with van der Waals surface area (Å²) in [5.41, 5.74) is 0.178. The van der Waals surface area contributed by atoms with Crippen LogP contribution in [0, 0.1) is 15.5 Å². The van der Waals surface area contributed by atoms with Crippen molar-refractivity contribution in [2.24, 2.45) is 10.4 Å². The molecule has 8 nitrogen and oxygen atoms in total. The van der Waals surface area contributed by atoms with Crippen LogP contribution in [0.15, 0.2) is 29.3 Å². The number of benzene rings is 1. The van der Waals surface area contributed by atoms with Crippen LogP contribution in [0.1, 0.15) is 34.6 Å². The normalized spacial score (nSPS) is 19.2. The minimum atomic E-state index is -0.772. The van der Waals surface area contributed by atoms with Crippen molar-refractivity contribution in [1.29, 1.82) is 0 Å². The summed E-state index contributed by atoms with van der Waals surface area (Å²) in [6.45, 7) is 12.8. The highest BCUT2D eigenvalue weighted by molar-refractivity contribution is 5.82. The van der Waals surface area contributed by atoms with Crippen molar-refractivity contribution in [3.05, 3.63) is 34.4 Å². The number of nitrogens with one attached hydrogen (secondary N) is 1. The van der Waals surface area contributed by atoms with Crippen LogP contribution in [0.3, 0.4) is 0 Å². The maximum atomic E-state index is 10.7. The van der Waals surface area contributed by atoms with E-state index in [1.165, 1.54) is 24.3 Å². The highest BCUT2D eigenvalue weighted by atomic mass is 16.6. The first-order chi connectivity index (χ1) is 12.6. The quantitative estimate of drug-likeness (QED) is 0.327. The molecule has 1 fully saturated rings. The zero-order chi connectivity index (χ0) is 20.2. The van der Waals surface area contributed by atoms with Gasteiger partial charge in [0.1, 0.15) is 18.5 Å². The second-order valence-electron chi connectivity index (χ2n) is 7.94. The van der Waals surface area contributed by atoms with Crippen LogP contribution >= 0.6 is 0 Å². The number of rotatable bonds is 7. The Balaban J connectivity index is 1.91. The van der Waals surface area contributed by atoms with Gasteiger partial charge in [0.15, 0.2) is 5.96 Å². The van der Waals surface area contributed by atoms with Crippen molar-refractivity contribution in [2.75, 3.05) is 26.2 Å². The molecule has 150 valence electrons. The van der Waals surface area contributed by atoms with E-state index in [1.807, 2.05) is 6.92 Å². The molecule has 1 unspecified atom stereocenters. The summed E-state index contributed by atoms with van der Waals surface area (Å²) in [7, 11) is 0. The number of aliphatic hydroxyl groups is 1. The van der Waals surface area contributed by atoms with Crippen LogP contribution < -0.4 is 10.1 Å². The lowest BCUT2D eigenvalue weighted by Gasteiger charge is -2.62. The molecule has 1 aromatic carbocycles. The molecule has 1 aromatic rings. The minimum Gasteiger partial charge on any atom is -0.491 e. The zero-order valence-corrected chi connectivity index (χ0v) is 16.7. The lowest BCUT2D eigenvalue weighted by molar-refractivity contribution is -0.384. The molecule has 0 aliphatic carbocycles. The summed E-state index contributed by atoms with van der Waals surface area (Å²) in [5, 5.41) is 24.1. The Labute approximate surface area is 160 Å². The van der Waals surface area contributed by atoms with Gasteiger partial charge in [0.25, 0.3) is 5.69 Å². The number of hydrogen-bond donors (Lipinski definition) is 2. The predicted octanol–water partition coefficient (Wildman–Crippen LogP) is 2.42. The fraction of sp³-hybridized carbons (Fsp3) is 0.632. The molecular weight excluding hydrogens is 348 g/mol. The number of non-ortho nitro benzene ring substituents is 1. The molecule has 27 heavy (non-hydrogen) atoms. The maximum absolute atomic E-state index is 10.7. The first-order valence-electron chi connectivity index (χ1n) is 9.20. The third kappa shape index (κ3) is 4.68. The summed E-state index contributed by atoms with van der Waals surface area (Å²) in [4.78, 5) is 17.0. The van der Waals surface area contributed by atoms with E-state index >= 15 is 0 Å². The summed E-state index contributed by atoms with van der Waals surface area (Å²) in [6, 6.07) is 5.78. The molecule has 8 heteroatoms. The molecule has 1 saturated heterocycles. The average molecular weight is 378 g/mol. The molecular formula is C19H30N4O4. The van der Waals surface area contributed by atoms with Crippen molar-refractivity contribution in [3.8, 4) is 5.75 Å². The van der Waals surface area contributed by atoms with Gasteiger partial charge in [-0.1, -0.05) is 13.8 Å². The highest BCUT2D eigenvalue weighted by Gasteiger charge is 2.53. The van der Waals surface area contributed by atoms with Gasteiger partial charge in [0.2, 0.25) is 0 Å². The van der Waals surface area contributed by atoms with E-state index in [0.717, 1.165) is 19.0 Å². The summed E-state index contributed by atoms with van der Waals surface area (Å²) in [6.07, 6.45) is -0.772. The number of aliphatic imine (C=N–C) groups is 1. The highest BCUT2D eigenvalue weighted by Crippen LogP contribution is 2.46. The number of ether oxygens (including phenoxy) is 1. The van der Waals surface area contributed by atoms with Gasteiger partial charge in [-0.25, -0.2) is 0 Å². The van der Waals surface area contributed by atoms with Gasteiger partial charge in [0.05, 0.1) is 11.5 Å². The van der Waals surface area contributed by atoms with Crippen molar-refractivity contribution in [1.82, 2.24) is 10.2 Å². The molecule has 0 aromatic heterocycles. The standard InChI is InChI=1S/C19H30N4O4/c1-6-20-17(22-13-18(2,3)19(22,4)5)21-11-15(24)12-27-16-9-7-14(8-10-16)23(25)26/h7-10,15,24H,6,11-13H2,1-5H3,(H,20,21). The van der Waals surface area contributed by atoms with E-state index < -0.39 is 11.0 Å². The lowest BCUT2D eigenvalue weighted by atomic mass is 9.65. The molecule has 0 radical (unpaired) electrons. The van der Waals surface area contributed by atoms with Crippen molar-refractivity contribution >= 4 is 11.6 Å². The second kappa shape index (κ2) is 8.12. The number of nitro groups is 1. The number of likely N-dealkylation sites (tertiary alicyclic amines) is 1. The van der Waals surface area contributed by atoms with Gasteiger partial charge in [-0.15, -0.1) is 0 Å². The van der Waals surface area contributed by atoms with Gasteiger partial charge in [-0.3, -0.25) is 15.1 Å².